The number of nitrogens with one attached hydrogen (secondary N) is 1. The monoisotopic (exact) mass is 434 g/mol. The van der Waals surface area contributed by atoms with Crippen LogP contribution < -0.4 is 10.9 Å². The molecule has 3 rings (SSSR count). The summed E-state index contributed by atoms with van der Waals surface area (Å²) in [5, 5.41) is 13.5. The second-order valence-electron chi connectivity index (χ2n) is 6.69. The number of aromatic carboxylic acids is 1. The van der Waals surface area contributed by atoms with Gasteiger partial charge < -0.3 is 10.4 Å². The minimum Gasteiger partial charge on any atom is -0.478 e. The van der Waals surface area contributed by atoms with Crippen molar-refractivity contribution >= 4 is 55.7 Å². The van der Waals surface area contributed by atoms with E-state index in [2.05, 4.69) is 15.3 Å². The average molecular weight is 434 g/mol. The lowest BCUT2D eigenvalue weighted by atomic mass is 10.2. The predicted molar refractivity (Wildman–Crippen MR) is 110 cm³/mol. The number of thiazole rings is 1. The molecule has 3 aromatic rings. The fraction of sp³-hybridized carbons (Fsp3) is 0.333. The molecule has 0 fully saturated rings. The number of hydrogen-bond donors (Lipinski definition) is 2. The van der Waals surface area contributed by atoms with E-state index in [9.17, 15) is 24.3 Å². The number of carbonyl (C=O) groups is 3. The molecule has 0 saturated heterocycles. The lowest BCUT2D eigenvalue weighted by Gasteiger charge is -2.14. The van der Waals surface area contributed by atoms with Gasteiger partial charge in [-0.1, -0.05) is 25.2 Å². The van der Waals surface area contributed by atoms with Crippen LogP contribution in [0.25, 0.3) is 10.2 Å². The summed E-state index contributed by atoms with van der Waals surface area (Å²) in [7, 11) is 0. The number of carbonyl (C=O) groups excluding carboxylic acids is 2. The van der Waals surface area contributed by atoms with Crippen LogP contribution in [0.1, 0.15) is 58.2 Å². The maximum absolute atomic E-state index is 13.0. The third kappa shape index (κ3) is 3.96. The zero-order valence-electron chi connectivity index (χ0n) is 16.1. The standard InChI is InChI=1S/C18H18N4O5S2/c1-7(2)14-21-15-12(10(6-28-15)17(26)27)16(25)22(14)5-11(24)20-18-19-8(3)13(29-18)9(4)23/h6-7H,5H2,1-4H3,(H,26,27)(H,19,20,24). The van der Waals surface area contributed by atoms with Gasteiger partial charge in [-0.15, -0.1) is 11.3 Å². The second-order valence-corrected chi connectivity index (χ2v) is 8.55. The summed E-state index contributed by atoms with van der Waals surface area (Å²) < 4.78 is 1.19. The molecule has 1 amide bonds. The van der Waals surface area contributed by atoms with Gasteiger partial charge in [0.25, 0.3) is 5.56 Å². The minimum atomic E-state index is -1.22. The number of fused-ring (bicyclic) bond motifs is 1. The number of aromatic nitrogens is 3. The highest BCUT2D eigenvalue weighted by Crippen LogP contribution is 2.25. The summed E-state index contributed by atoms with van der Waals surface area (Å²) in [6, 6.07) is 0. The zero-order valence-corrected chi connectivity index (χ0v) is 17.7. The van der Waals surface area contributed by atoms with Crippen LogP contribution in [0.5, 0.6) is 0 Å². The minimum absolute atomic E-state index is 0.0105. The van der Waals surface area contributed by atoms with Gasteiger partial charge in [0.05, 0.1) is 21.5 Å². The number of nitrogens with zero attached hydrogens (tertiary/aromatic N) is 3. The Balaban J connectivity index is 2.00. The van der Waals surface area contributed by atoms with Crippen LogP contribution in [0, 0.1) is 6.92 Å². The van der Waals surface area contributed by atoms with Crippen LogP contribution in [-0.2, 0) is 11.3 Å². The molecule has 0 atom stereocenters. The Hall–Kier alpha value is -2.92. The average Bonchev–Trinajstić information content (AvgIpc) is 3.20. The van der Waals surface area contributed by atoms with E-state index in [-0.39, 0.29) is 34.3 Å². The molecule has 0 aromatic carbocycles. The Labute approximate surface area is 173 Å². The number of carboxylic acids is 1. The number of hydrogen-bond acceptors (Lipinski definition) is 8. The Morgan fingerprint density at radius 3 is 2.52 bits per heavy atom. The van der Waals surface area contributed by atoms with Crippen LogP contribution in [0.4, 0.5) is 5.13 Å². The SMILES string of the molecule is CC(=O)c1sc(NC(=O)Cn2c(C(C)C)nc3scc(C(=O)O)c3c2=O)nc1C. The highest BCUT2D eigenvalue weighted by Gasteiger charge is 2.22. The van der Waals surface area contributed by atoms with Crippen LogP contribution in [0.15, 0.2) is 10.2 Å². The van der Waals surface area contributed by atoms with E-state index in [0.29, 0.717) is 21.2 Å². The zero-order chi connectivity index (χ0) is 21.5. The highest BCUT2D eigenvalue weighted by molar-refractivity contribution is 7.18. The Morgan fingerprint density at radius 1 is 1.28 bits per heavy atom. The highest BCUT2D eigenvalue weighted by atomic mass is 32.1. The van der Waals surface area contributed by atoms with Gasteiger partial charge in [-0.05, 0) is 6.92 Å². The maximum atomic E-state index is 13.0. The van der Waals surface area contributed by atoms with E-state index in [1.54, 1.807) is 6.92 Å². The first-order valence-electron chi connectivity index (χ1n) is 8.63. The number of carboxylic acid groups (broad SMARTS) is 1. The molecule has 0 aliphatic rings. The van der Waals surface area contributed by atoms with Crippen LogP contribution >= 0.6 is 22.7 Å². The molecular formula is C18H18N4O5S2. The van der Waals surface area contributed by atoms with Gasteiger partial charge in [0.1, 0.15) is 17.2 Å². The maximum Gasteiger partial charge on any atom is 0.337 e. The third-order valence-electron chi connectivity index (χ3n) is 4.13. The van der Waals surface area contributed by atoms with Gasteiger partial charge in [-0.25, -0.2) is 14.8 Å². The first-order valence-corrected chi connectivity index (χ1v) is 10.3. The van der Waals surface area contributed by atoms with Crippen molar-refractivity contribution in [2.75, 3.05) is 5.32 Å². The number of thiophene rings is 1. The number of aryl methyl sites for hydroxylation is 1. The fourth-order valence-electron chi connectivity index (χ4n) is 2.87. The molecule has 2 N–H and O–H groups in total. The van der Waals surface area contributed by atoms with Crippen molar-refractivity contribution in [3.05, 3.63) is 37.7 Å². The molecule has 29 heavy (non-hydrogen) atoms. The Morgan fingerprint density at radius 2 is 1.97 bits per heavy atom. The summed E-state index contributed by atoms with van der Waals surface area (Å²) in [6.07, 6.45) is 0. The first kappa shape index (κ1) is 20.8. The molecule has 9 nitrogen and oxygen atoms in total. The molecule has 152 valence electrons. The van der Waals surface area contributed by atoms with E-state index < -0.39 is 17.4 Å². The van der Waals surface area contributed by atoms with Crippen molar-refractivity contribution in [1.82, 2.24) is 14.5 Å². The van der Waals surface area contributed by atoms with Crippen LogP contribution in [0.2, 0.25) is 0 Å². The molecule has 0 aliphatic heterocycles. The van der Waals surface area contributed by atoms with Gasteiger partial charge in [-0.3, -0.25) is 19.0 Å². The predicted octanol–water partition coefficient (Wildman–Crippen LogP) is 2.89. The van der Waals surface area contributed by atoms with E-state index >= 15 is 0 Å². The molecule has 11 heteroatoms. The summed E-state index contributed by atoms with van der Waals surface area (Å²) in [4.78, 5) is 57.9. The van der Waals surface area contributed by atoms with Gasteiger partial charge in [0, 0.05) is 18.2 Å². The van der Waals surface area contributed by atoms with Crippen LogP contribution in [0.3, 0.4) is 0 Å². The topological polar surface area (TPSA) is 131 Å². The normalized spacial score (nSPS) is 11.2. The summed E-state index contributed by atoms with van der Waals surface area (Å²) in [5.74, 6) is -1.67. The van der Waals surface area contributed by atoms with Crippen molar-refractivity contribution in [1.29, 1.82) is 0 Å². The van der Waals surface area contributed by atoms with Crippen molar-refractivity contribution in [2.24, 2.45) is 0 Å². The number of anilines is 1. The van der Waals surface area contributed by atoms with Gasteiger partial charge in [-0.2, -0.15) is 0 Å². The third-order valence-corrected chi connectivity index (χ3v) is 6.18. The van der Waals surface area contributed by atoms with Crippen molar-refractivity contribution in [3.8, 4) is 0 Å². The van der Waals surface area contributed by atoms with Gasteiger partial charge in [0.2, 0.25) is 5.91 Å². The lowest BCUT2D eigenvalue weighted by Crippen LogP contribution is -2.32. The summed E-state index contributed by atoms with van der Waals surface area (Å²) in [6.45, 7) is 6.40. The van der Waals surface area contributed by atoms with E-state index in [1.807, 2.05) is 13.8 Å². The van der Waals surface area contributed by atoms with Crippen molar-refractivity contribution < 1.29 is 19.5 Å². The molecular weight excluding hydrogens is 416 g/mol. The quantitative estimate of drug-likeness (QED) is 0.570. The van der Waals surface area contributed by atoms with E-state index in [1.165, 1.54) is 16.9 Å². The molecule has 0 saturated carbocycles. The molecule has 0 unspecified atom stereocenters. The molecule has 0 aliphatic carbocycles. The second kappa shape index (κ2) is 7.84. The smallest absolute Gasteiger partial charge is 0.337 e. The molecule has 0 radical (unpaired) electrons. The molecule has 3 aromatic heterocycles. The lowest BCUT2D eigenvalue weighted by molar-refractivity contribution is -0.116. The molecule has 3 heterocycles. The number of Topliss-reactive ketones (excluding diaryl/α,β-unsaturated/α-hetero) is 1. The fourth-order valence-corrected chi connectivity index (χ4v) is 4.66. The Kier molecular flexibility index (Phi) is 5.62. The summed E-state index contributed by atoms with van der Waals surface area (Å²) >= 11 is 2.14. The van der Waals surface area contributed by atoms with E-state index in [0.717, 1.165) is 22.7 Å². The largest absolute Gasteiger partial charge is 0.478 e. The van der Waals surface area contributed by atoms with Crippen molar-refractivity contribution in [3.63, 3.8) is 0 Å². The Bertz CT molecular complexity index is 1210. The number of rotatable bonds is 6. The number of amides is 1. The number of ketones is 1. The summed E-state index contributed by atoms with van der Waals surface area (Å²) in [5.41, 5.74) is -0.189. The van der Waals surface area contributed by atoms with Crippen molar-refractivity contribution in [2.45, 2.75) is 40.2 Å². The molecule has 0 bridgehead atoms. The van der Waals surface area contributed by atoms with Gasteiger partial charge in [0.15, 0.2) is 10.9 Å². The molecule has 0 spiro atoms. The van der Waals surface area contributed by atoms with Gasteiger partial charge >= 0.3 is 5.97 Å². The first-order chi connectivity index (χ1) is 13.6. The van der Waals surface area contributed by atoms with E-state index in [4.69, 9.17) is 0 Å². The van der Waals surface area contributed by atoms with Crippen LogP contribution in [-0.4, -0.2) is 37.3 Å².